The summed E-state index contributed by atoms with van der Waals surface area (Å²) >= 11 is 5.85. The topological polar surface area (TPSA) is 80.5 Å². The van der Waals surface area contributed by atoms with E-state index in [1.807, 2.05) is 0 Å². The van der Waals surface area contributed by atoms with Crippen molar-refractivity contribution in [2.45, 2.75) is 18.6 Å². The van der Waals surface area contributed by atoms with Gasteiger partial charge in [0.05, 0.1) is 5.75 Å². The van der Waals surface area contributed by atoms with Crippen LogP contribution in [0.2, 0.25) is 5.02 Å². The Bertz CT molecular complexity index is 595. The van der Waals surface area contributed by atoms with E-state index in [4.69, 9.17) is 17.3 Å². The molecular formula is C13H17ClN2O3S. The summed E-state index contributed by atoms with van der Waals surface area (Å²) in [7, 11) is -3.38. The van der Waals surface area contributed by atoms with Crippen molar-refractivity contribution < 1.29 is 13.2 Å². The maximum atomic E-state index is 12.3. The highest BCUT2D eigenvalue weighted by Crippen LogP contribution is 2.22. The molecule has 1 amide bonds. The lowest BCUT2D eigenvalue weighted by Crippen LogP contribution is -2.42. The van der Waals surface area contributed by atoms with Gasteiger partial charge in [-0.2, -0.15) is 0 Å². The number of nitrogens with two attached hydrogens (primary N) is 1. The predicted octanol–water partition coefficient (Wildman–Crippen LogP) is 1.37. The van der Waals surface area contributed by atoms with Crippen molar-refractivity contribution in [2.75, 3.05) is 13.1 Å². The first-order chi connectivity index (χ1) is 9.38. The smallest absolute Gasteiger partial charge is 0.220 e. The van der Waals surface area contributed by atoms with Gasteiger partial charge in [0.25, 0.3) is 0 Å². The summed E-state index contributed by atoms with van der Waals surface area (Å²) in [6.45, 7) is 0.688. The fourth-order valence-electron chi connectivity index (χ4n) is 2.35. The van der Waals surface area contributed by atoms with Gasteiger partial charge in [-0.05, 0) is 30.5 Å². The summed E-state index contributed by atoms with van der Waals surface area (Å²) in [5.74, 6) is -0.640. The van der Waals surface area contributed by atoms with E-state index in [1.165, 1.54) is 4.31 Å². The molecule has 7 heteroatoms. The summed E-state index contributed by atoms with van der Waals surface area (Å²) in [6.07, 6.45) is 0.980. The monoisotopic (exact) mass is 316 g/mol. The molecule has 5 nitrogen and oxygen atoms in total. The number of hydrogen-bond donors (Lipinski definition) is 1. The van der Waals surface area contributed by atoms with Crippen LogP contribution in [0.15, 0.2) is 24.3 Å². The van der Waals surface area contributed by atoms with Crippen LogP contribution < -0.4 is 5.73 Å². The van der Waals surface area contributed by atoms with Gasteiger partial charge in [-0.25, -0.2) is 12.7 Å². The van der Waals surface area contributed by atoms with Gasteiger partial charge in [-0.1, -0.05) is 23.7 Å². The number of amides is 1. The summed E-state index contributed by atoms with van der Waals surface area (Å²) < 4.78 is 26.0. The van der Waals surface area contributed by atoms with E-state index < -0.39 is 10.0 Å². The molecular weight excluding hydrogens is 300 g/mol. The lowest BCUT2D eigenvalue weighted by molar-refractivity contribution is -0.122. The van der Waals surface area contributed by atoms with Gasteiger partial charge < -0.3 is 5.73 Å². The van der Waals surface area contributed by atoms with E-state index in [2.05, 4.69) is 0 Å². The van der Waals surface area contributed by atoms with Crippen LogP contribution in [-0.2, 0) is 20.6 Å². The van der Waals surface area contributed by atoms with Gasteiger partial charge in [-0.3, -0.25) is 4.79 Å². The quantitative estimate of drug-likeness (QED) is 0.911. The summed E-state index contributed by atoms with van der Waals surface area (Å²) in [4.78, 5) is 11.1. The van der Waals surface area contributed by atoms with E-state index in [0.29, 0.717) is 36.5 Å². The van der Waals surface area contributed by atoms with Gasteiger partial charge in [-0.15, -0.1) is 0 Å². The molecule has 0 atom stereocenters. The molecule has 0 aliphatic carbocycles. The molecule has 110 valence electrons. The first-order valence-corrected chi connectivity index (χ1v) is 8.39. The standard InChI is InChI=1S/C13H17ClN2O3S/c14-12-3-1-2-10(8-12)9-20(18,19)16-6-4-11(5-7-16)13(15)17/h1-3,8,11H,4-7,9H2,(H2,15,17). The molecule has 0 unspecified atom stereocenters. The van der Waals surface area contributed by atoms with Gasteiger partial charge in [0, 0.05) is 24.0 Å². The molecule has 2 N–H and O–H groups in total. The van der Waals surface area contributed by atoms with Gasteiger partial charge in [0.1, 0.15) is 0 Å². The molecule has 0 radical (unpaired) electrons. The van der Waals surface area contributed by atoms with Gasteiger partial charge in [0.2, 0.25) is 15.9 Å². The minimum atomic E-state index is -3.38. The lowest BCUT2D eigenvalue weighted by Gasteiger charge is -2.29. The molecule has 0 spiro atoms. The Kier molecular flexibility index (Phi) is 4.67. The van der Waals surface area contributed by atoms with Crippen LogP contribution in [0.1, 0.15) is 18.4 Å². The van der Waals surface area contributed by atoms with Crippen LogP contribution in [0.25, 0.3) is 0 Å². The zero-order valence-electron chi connectivity index (χ0n) is 11.0. The molecule has 0 aromatic heterocycles. The van der Waals surface area contributed by atoms with Crippen molar-refractivity contribution >= 4 is 27.5 Å². The van der Waals surface area contributed by atoms with Crippen LogP contribution in [0.5, 0.6) is 0 Å². The van der Waals surface area contributed by atoms with Crippen molar-refractivity contribution in [3.63, 3.8) is 0 Å². The number of rotatable bonds is 4. The summed E-state index contributed by atoms with van der Waals surface area (Å²) in [5.41, 5.74) is 5.90. The van der Waals surface area contributed by atoms with Crippen LogP contribution in [-0.4, -0.2) is 31.7 Å². The maximum absolute atomic E-state index is 12.3. The fourth-order valence-corrected chi connectivity index (χ4v) is 4.11. The molecule has 1 fully saturated rings. The normalized spacial score (nSPS) is 18.1. The van der Waals surface area contributed by atoms with E-state index >= 15 is 0 Å². The lowest BCUT2D eigenvalue weighted by atomic mass is 9.98. The van der Waals surface area contributed by atoms with Crippen molar-refractivity contribution in [1.82, 2.24) is 4.31 Å². The minimum absolute atomic E-state index is 0.0746. The van der Waals surface area contributed by atoms with E-state index in [9.17, 15) is 13.2 Å². The third-order valence-corrected chi connectivity index (χ3v) is 5.57. The average Bonchev–Trinajstić information content (AvgIpc) is 2.38. The molecule has 20 heavy (non-hydrogen) atoms. The Hall–Kier alpha value is -1.11. The molecule has 1 aromatic carbocycles. The van der Waals surface area contributed by atoms with Gasteiger partial charge >= 0.3 is 0 Å². The minimum Gasteiger partial charge on any atom is -0.369 e. The van der Waals surface area contributed by atoms with E-state index in [0.717, 1.165) is 0 Å². The molecule has 0 saturated carbocycles. The third-order valence-electron chi connectivity index (χ3n) is 3.49. The number of carbonyl (C=O) groups excluding carboxylic acids is 1. The molecule has 1 heterocycles. The highest BCUT2D eigenvalue weighted by molar-refractivity contribution is 7.88. The number of nitrogens with zero attached hydrogens (tertiary/aromatic N) is 1. The Balaban J connectivity index is 2.03. The zero-order valence-corrected chi connectivity index (χ0v) is 12.5. The Labute approximate surface area is 123 Å². The number of sulfonamides is 1. The molecule has 1 aliphatic rings. The van der Waals surface area contributed by atoms with E-state index in [-0.39, 0.29) is 17.6 Å². The average molecular weight is 317 g/mol. The third kappa shape index (κ3) is 3.71. The van der Waals surface area contributed by atoms with Gasteiger partial charge in [0.15, 0.2) is 0 Å². The second-order valence-electron chi connectivity index (χ2n) is 4.96. The van der Waals surface area contributed by atoms with Crippen molar-refractivity contribution in [3.05, 3.63) is 34.9 Å². The number of primary amides is 1. The van der Waals surface area contributed by atoms with Crippen LogP contribution in [0, 0.1) is 5.92 Å². The highest BCUT2D eigenvalue weighted by atomic mass is 35.5. The SMILES string of the molecule is NC(=O)C1CCN(S(=O)(=O)Cc2cccc(Cl)c2)CC1. The number of piperidine rings is 1. The van der Waals surface area contributed by atoms with Crippen molar-refractivity contribution in [3.8, 4) is 0 Å². The second kappa shape index (κ2) is 6.11. The van der Waals surface area contributed by atoms with Crippen molar-refractivity contribution in [2.24, 2.45) is 11.7 Å². The van der Waals surface area contributed by atoms with Crippen LogP contribution in [0.4, 0.5) is 0 Å². The Morgan fingerprint density at radius 3 is 2.55 bits per heavy atom. The Morgan fingerprint density at radius 1 is 1.35 bits per heavy atom. The van der Waals surface area contributed by atoms with Crippen molar-refractivity contribution in [1.29, 1.82) is 0 Å². The molecule has 2 rings (SSSR count). The zero-order chi connectivity index (χ0) is 14.8. The van der Waals surface area contributed by atoms with E-state index in [1.54, 1.807) is 24.3 Å². The Morgan fingerprint density at radius 2 is 2.00 bits per heavy atom. The summed E-state index contributed by atoms with van der Waals surface area (Å²) in [6, 6.07) is 6.82. The molecule has 1 aliphatic heterocycles. The second-order valence-corrected chi connectivity index (χ2v) is 7.37. The largest absolute Gasteiger partial charge is 0.369 e. The number of carbonyl (C=O) groups is 1. The summed E-state index contributed by atoms with van der Waals surface area (Å²) in [5, 5.41) is 0.519. The number of hydrogen-bond acceptors (Lipinski definition) is 3. The maximum Gasteiger partial charge on any atom is 0.220 e. The predicted molar refractivity (Wildman–Crippen MR) is 77.6 cm³/mol. The molecule has 1 aromatic rings. The highest BCUT2D eigenvalue weighted by Gasteiger charge is 2.30. The molecule has 0 bridgehead atoms. The number of benzene rings is 1. The fraction of sp³-hybridized carbons (Fsp3) is 0.462. The first kappa shape index (κ1) is 15.3. The first-order valence-electron chi connectivity index (χ1n) is 6.40. The van der Waals surface area contributed by atoms with Crippen LogP contribution >= 0.6 is 11.6 Å². The molecule has 1 saturated heterocycles. The number of halogens is 1. The van der Waals surface area contributed by atoms with Crippen LogP contribution in [0.3, 0.4) is 0 Å².